The maximum atomic E-state index is 10.3. The lowest BCUT2D eigenvalue weighted by Gasteiger charge is -2.03. The van der Waals surface area contributed by atoms with Gasteiger partial charge in [0.2, 0.25) is 11.8 Å². The Labute approximate surface area is 70.7 Å². The largest absolute Gasteiger partial charge is 0.370 e. The van der Waals surface area contributed by atoms with Crippen molar-refractivity contribution in [2.75, 3.05) is 0 Å². The van der Waals surface area contributed by atoms with Crippen LogP contribution in [0.2, 0.25) is 0 Å². The van der Waals surface area contributed by atoms with Gasteiger partial charge in [0.05, 0.1) is 6.04 Å². The number of hydrogen-bond acceptors (Lipinski definition) is 3. The van der Waals surface area contributed by atoms with Crippen molar-refractivity contribution in [3.8, 4) is 0 Å². The van der Waals surface area contributed by atoms with Crippen LogP contribution in [0.5, 0.6) is 0 Å². The van der Waals surface area contributed by atoms with Crippen molar-refractivity contribution in [2.45, 2.75) is 18.9 Å². The molecule has 0 heterocycles. The molecular weight excluding hydrogens is 170 g/mol. The minimum Gasteiger partial charge on any atom is -0.370 e. The number of halogens is 1. The number of carbonyl (C=O) groups is 2. The van der Waals surface area contributed by atoms with Crippen LogP contribution in [-0.4, -0.2) is 17.9 Å². The molecule has 6 heteroatoms. The molecule has 2 amide bonds. The molecule has 0 saturated heterocycles. The van der Waals surface area contributed by atoms with Gasteiger partial charge in [-0.05, 0) is 6.42 Å². The van der Waals surface area contributed by atoms with E-state index in [4.69, 9.17) is 17.2 Å². The van der Waals surface area contributed by atoms with E-state index in [9.17, 15) is 9.59 Å². The van der Waals surface area contributed by atoms with E-state index in [1.54, 1.807) is 0 Å². The highest BCUT2D eigenvalue weighted by molar-refractivity contribution is 5.85. The molecule has 0 aromatic rings. The van der Waals surface area contributed by atoms with Crippen molar-refractivity contribution in [3.05, 3.63) is 0 Å². The van der Waals surface area contributed by atoms with Crippen molar-refractivity contribution in [1.29, 1.82) is 0 Å². The average Bonchev–Trinajstić information content (AvgIpc) is 1.82. The lowest BCUT2D eigenvalue weighted by atomic mass is 10.1. The zero-order valence-corrected chi connectivity index (χ0v) is 6.76. The van der Waals surface area contributed by atoms with E-state index in [0.717, 1.165) is 0 Å². The molecule has 0 saturated carbocycles. The Hall–Kier alpha value is -0.810. The predicted octanol–water partition coefficient (Wildman–Crippen LogP) is -1.51. The fourth-order valence-electron chi connectivity index (χ4n) is 0.440. The number of primary amides is 2. The molecule has 66 valence electrons. The van der Waals surface area contributed by atoms with E-state index >= 15 is 0 Å². The summed E-state index contributed by atoms with van der Waals surface area (Å²) >= 11 is 0. The summed E-state index contributed by atoms with van der Waals surface area (Å²) in [5.74, 6) is -1.09. The van der Waals surface area contributed by atoms with Crippen LogP contribution >= 0.6 is 12.4 Å². The monoisotopic (exact) mass is 181 g/mol. The van der Waals surface area contributed by atoms with Gasteiger partial charge >= 0.3 is 0 Å². The van der Waals surface area contributed by atoms with Gasteiger partial charge in [-0.3, -0.25) is 9.59 Å². The molecule has 0 aromatic carbocycles. The molecule has 0 radical (unpaired) electrons. The SMILES string of the molecule is Cl.NC(=O)CC[C@@H](N)C(N)=O. The van der Waals surface area contributed by atoms with E-state index in [1.165, 1.54) is 0 Å². The van der Waals surface area contributed by atoms with Crippen LogP contribution in [0.15, 0.2) is 0 Å². The van der Waals surface area contributed by atoms with Gasteiger partial charge < -0.3 is 17.2 Å². The summed E-state index contributed by atoms with van der Waals surface area (Å²) in [6, 6.07) is -0.757. The van der Waals surface area contributed by atoms with Gasteiger partial charge in [0.25, 0.3) is 0 Å². The second-order valence-electron chi connectivity index (χ2n) is 2.01. The Morgan fingerprint density at radius 1 is 1.27 bits per heavy atom. The lowest BCUT2D eigenvalue weighted by Crippen LogP contribution is -2.37. The minimum absolute atomic E-state index is 0. The van der Waals surface area contributed by atoms with E-state index in [-0.39, 0.29) is 25.2 Å². The van der Waals surface area contributed by atoms with Gasteiger partial charge in [-0.25, -0.2) is 0 Å². The molecule has 5 nitrogen and oxygen atoms in total. The first-order valence-corrected chi connectivity index (χ1v) is 2.87. The fraction of sp³-hybridized carbons (Fsp3) is 0.600. The molecule has 0 aliphatic heterocycles. The van der Waals surface area contributed by atoms with E-state index in [0.29, 0.717) is 0 Å². The highest BCUT2D eigenvalue weighted by Crippen LogP contribution is 1.91. The molecule has 0 aromatic heterocycles. The second-order valence-corrected chi connectivity index (χ2v) is 2.01. The maximum absolute atomic E-state index is 10.3. The smallest absolute Gasteiger partial charge is 0.234 e. The van der Waals surface area contributed by atoms with Crippen LogP contribution in [0.3, 0.4) is 0 Å². The minimum atomic E-state index is -0.757. The van der Waals surface area contributed by atoms with Gasteiger partial charge in [-0.2, -0.15) is 0 Å². The number of carbonyl (C=O) groups excluding carboxylic acids is 2. The first-order chi connectivity index (χ1) is 4.54. The summed E-state index contributed by atoms with van der Waals surface area (Å²) in [6.45, 7) is 0. The van der Waals surface area contributed by atoms with Crippen LogP contribution in [-0.2, 0) is 9.59 Å². The third-order valence-electron chi connectivity index (χ3n) is 1.07. The highest BCUT2D eigenvalue weighted by Gasteiger charge is 2.09. The van der Waals surface area contributed by atoms with Crippen molar-refractivity contribution in [3.63, 3.8) is 0 Å². The molecular formula is C5H12ClN3O2. The molecule has 0 aliphatic carbocycles. The zero-order chi connectivity index (χ0) is 8.15. The zero-order valence-electron chi connectivity index (χ0n) is 5.95. The molecule has 0 spiro atoms. The topological polar surface area (TPSA) is 112 Å². The lowest BCUT2D eigenvalue weighted by molar-refractivity contribution is -0.120. The van der Waals surface area contributed by atoms with Crippen molar-refractivity contribution in [1.82, 2.24) is 0 Å². The predicted molar refractivity (Wildman–Crippen MR) is 42.8 cm³/mol. The molecule has 0 rings (SSSR count). The van der Waals surface area contributed by atoms with Crippen molar-refractivity contribution in [2.24, 2.45) is 17.2 Å². The quantitative estimate of drug-likeness (QED) is 0.490. The number of amides is 2. The summed E-state index contributed by atoms with van der Waals surface area (Å²) in [7, 11) is 0. The number of rotatable bonds is 4. The van der Waals surface area contributed by atoms with Gasteiger partial charge in [0.1, 0.15) is 0 Å². The first kappa shape index (κ1) is 12.8. The van der Waals surface area contributed by atoms with E-state index < -0.39 is 17.9 Å². The Kier molecular flexibility index (Phi) is 6.92. The molecule has 11 heavy (non-hydrogen) atoms. The maximum Gasteiger partial charge on any atom is 0.234 e. The van der Waals surface area contributed by atoms with Crippen LogP contribution < -0.4 is 17.2 Å². The Morgan fingerprint density at radius 2 is 1.73 bits per heavy atom. The molecule has 6 N–H and O–H groups in total. The summed E-state index contributed by atoms with van der Waals surface area (Å²) in [6.07, 6.45) is 0.328. The number of hydrogen-bond donors (Lipinski definition) is 3. The van der Waals surface area contributed by atoms with Crippen LogP contribution in [0, 0.1) is 0 Å². The van der Waals surface area contributed by atoms with Gasteiger partial charge in [-0.1, -0.05) is 0 Å². The Balaban J connectivity index is 0. The molecule has 0 bridgehead atoms. The van der Waals surface area contributed by atoms with E-state index in [2.05, 4.69) is 0 Å². The Bertz CT molecular complexity index is 151. The highest BCUT2D eigenvalue weighted by atomic mass is 35.5. The summed E-state index contributed by atoms with van der Waals surface area (Å²) in [4.78, 5) is 20.4. The average molecular weight is 182 g/mol. The first-order valence-electron chi connectivity index (χ1n) is 2.87. The van der Waals surface area contributed by atoms with Gasteiger partial charge in [0.15, 0.2) is 0 Å². The normalized spacial score (nSPS) is 11.4. The van der Waals surface area contributed by atoms with Gasteiger partial charge in [0, 0.05) is 6.42 Å². The summed E-state index contributed by atoms with van der Waals surface area (Å²) < 4.78 is 0. The number of nitrogens with two attached hydrogens (primary N) is 3. The summed E-state index contributed by atoms with van der Waals surface area (Å²) in [5.41, 5.74) is 14.8. The van der Waals surface area contributed by atoms with Crippen LogP contribution in [0.25, 0.3) is 0 Å². The molecule has 0 aliphatic rings. The van der Waals surface area contributed by atoms with Gasteiger partial charge in [-0.15, -0.1) is 12.4 Å². The third-order valence-corrected chi connectivity index (χ3v) is 1.07. The summed E-state index contributed by atoms with van der Waals surface area (Å²) in [5, 5.41) is 0. The molecule has 1 atom stereocenters. The molecule has 0 unspecified atom stereocenters. The van der Waals surface area contributed by atoms with Crippen molar-refractivity contribution >= 4 is 24.2 Å². The second kappa shape index (κ2) is 5.94. The molecule has 0 fully saturated rings. The Morgan fingerprint density at radius 3 is 2.00 bits per heavy atom. The standard InChI is InChI=1S/C5H11N3O2.ClH/c6-3(5(8)10)1-2-4(7)9;/h3H,1-2,6H2,(H2,7,9)(H2,8,10);1H/t3-;/m1./s1. The van der Waals surface area contributed by atoms with Crippen LogP contribution in [0.4, 0.5) is 0 Å². The van der Waals surface area contributed by atoms with E-state index in [1.807, 2.05) is 0 Å². The van der Waals surface area contributed by atoms with Crippen LogP contribution in [0.1, 0.15) is 12.8 Å². The van der Waals surface area contributed by atoms with Crippen molar-refractivity contribution < 1.29 is 9.59 Å². The fourth-order valence-corrected chi connectivity index (χ4v) is 0.440. The third kappa shape index (κ3) is 7.08.